The molecule has 0 rings (SSSR count). The van der Waals surface area contributed by atoms with E-state index in [0.717, 1.165) is 13.8 Å². The number of aliphatic hydroxyl groups is 2. The van der Waals surface area contributed by atoms with Crippen molar-refractivity contribution in [2.75, 3.05) is 0 Å². The van der Waals surface area contributed by atoms with Crippen LogP contribution in [-0.2, 0) is 4.74 Å². The Balaban J connectivity index is 5.37. The molecule has 3 nitrogen and oxygen atoms in total. The number of hydrogen-bond acceptors (Lipinski definition) is 3. The van der Waals surface area contributed by atoms with E-state index >= 15 is 0 Å². The van der Waals surface area contributed by atoms with Gasteiger partial charge in [0.05, 0.1) is 6.10 Å². The minimum Gasteiger partial charge on any atom is -0.504 e. The largest absolute Gasteiger partial charge is 0.504 e. The molecule has 0 aliphatic rings. The molecule has 102 valence electrons. The van der Waals surface area contributed by atoms with Gasteiger partial charge in [-0.3, -0.25) is 0 Å². The average molecular weight is 268 g/mol. The van der Waals surface area contributed by atoms with Gasteiger partial charge in [0.1, 0.15) is 0 Å². The SMILES string of the molecule is CC(C)OC(O)(/C=C(\O)C(F)(F)F)C(F)(F)F. The number of alkyl halides is 6. The summed E-state index contributed by atoms with van der Waals surface area (Å²) in [5.41, 5.74) is 0. The smallest absolute Gasteiger partial charge is 0.448 e. The maximum absolute atomic E-state index is 12.3. The molecular weight excluding hydrogens is 258 g/mol. The normalized spacial score (nSPS) is 18.4. The zero-order valence-electron chi connectivity index (χ0n) is 8.73. The molecule has 17 heavy (non-hydrogen) atoms. The summed E-state index contributed by atoms with van der Waals surface area (Å²) < 4.78 is 76.5. The second kappa shape index (κ2) is 4.73. The van der Waals surface area contributed by atoms with Crippen molar-refractivity contribution < 1.29 is 41.3 Å². The number of rotatable bonds is 3. The van der Waals surface area contributed by atoms with E-state index in [1.54, 1.807) is 0 Å². The molecule has 0 saturated heterocycles. The van der Waals surface area contributed by atoms with Crippen molar-refractivity contribution in [3.63, 3.8) is 0 Å². The fourth-order valence-electron chi connectivity index (χ4n) is 0.809. The Morgan fingerprint density at radius 2 is 1.53 bits per heavy atom. The van der Waals surface area contributed by atoms with E-state index in [9.17, 15) is 26.3 Å². The van der Waals surface area contributed by atoms with Crippen molar-refractivity contribution in [1.29, 1.82) is 0 Å². The number of hydrogen-bond donors (Lipinski definition) is 2. The highest BCUT2D eigenvalue weighted by molar-refractivity contribution is 5.08. The summed E-state index contributed by atoms with van der Waals surface area (Å²) in [5, 5.41) is 17.4. The third-order valence-electron chi connectivity index (χ3n) is 1.44. The topological polar surface area (TPSA) is 49.7 Å². The summed E-state index contributed by atoms with van der Waals surface area (Å²) in [4.78, 5) is 0. The van der Waals surface area contributed by atoms with Crippen LogP contribution in [0.1, 0.15) is 13.8 Å². The van der Waals surface area contributed by atoms with Crippen LogP contribution in [0.5, 0.6) is 0 Å². The summed E-state index contributed by atoms with van der Waals surface area (Å²) in [7, 11) is 0. The van der Waals surface area contributed by atoms with Gasteiger partial charge in [-0.15, -0.1) is 0 Å². The quantitative estimate of drug-likeness (QED) is 0.470. The van der Waals surface area contributed by atoms with E-state index in [2.05, 4.69) is 4.74 Å². The first-order valence-electron chi connectivity index (χ1n) is 4.25. The molecule has 0 amide bonds. The zero-order valence-corrected chi connectivity index (χ0v) is 8.73. The van der Waals surface area contributed by atoms with Crippen LogP contribution >= 0.6 is 0 Å². The highest BCUT2D eigenvalue weighted by Gasteiger charge is 2.56. The van der Waals surface area contributed by atoms with Gasteiger partial charge in [-0.25, -0.2) is 0 Å². The first-order valence-corrected chi connectivity index (χ1v) is 4.25. The second-order valence-electron chi connectivity index (χ2n) is 3.39. The van der Waals surface area contributed by atoms with Crippen LogP contribution in [0.25, 0.3) is 0 Å². The van der Waals surface area contributed by atoms with Gasteiger partial charge in [0.2, 0.25) is 0 Å². The van der Waals surface area contributed by atoms with E-state index in [0.29, 0.717) is 0 Å². The van der Waals surface area contributed by atoms with Crippen LogP contribution in [0.4, 0.5) is 26.3 Å². The van der Waals surface area contributed by atoms with E-state index in [1.807, 2.05) is 0 Å². The predicted octanol–water partition coefficient (Wildman–Crippen LogP) is 2.67. The minimum atomic E-state index is -5.52. The molecule has 0 aliphatic carbocycles. The van der Waals surface area contributed by atoms with Gasteiger partial charge in [0, 0.05) is 6.08 Å². The fourth-order valence-corrected chi connectivity index (χ4v) is 0.809. The fraction of sp³-hybridized carbons (Fsp3) is 0.750. The zero-order chi connectivity index (χ0) is 14.1. The van der Waals surface area contributed by atoms with Gasteiger partial charge in [-0.05, 0) is 13.8 Å². The van der Waals surface area contributed by atoms with Gasteiger partial charge in [-0.1, -0.05) is 0 Å². The van der Waals surface area contributed by atoms with E-state index in [1.165, 1.54) is 0 Å². The average Bonchev–Trinajstić information content (AvgIpc) is 1.97. The van der Waals surface area contributed by atoms with Crippen LogP contribution in [-0.4, -0.2) is 34.5 Å². The number of ether oxygens (including phenoxy) is 1. The van der Waals surface area contributed by atoms with Gasteiger partial charge < -0.3 is 14.9 Å². The van der Waals surface area contributed by atoms with E-state index in [4.69, 9.17) is 10.2 Å². The van der Waals surface area contributed by atoms with Crippen molar-refractivity contribution >= 4 is 0 Å². The van der Waals surface area contributed by atoms with Crippen molar-refractivity contribution in [2.24, 2.45) is 0 Å². The van der Waals surface area contributed by atoms with Crippen molar-refractivity contribution in [1.82, 2.24) is 0 Å². The molecule has 1 atom stereocenters. The highest BCUT2D eigenvalue weighted by Crippen LogP contribution is 2.36. The highest BCUT2D eigenvalue weighted by atomic mass is 19.4. The Morgan fingerprint density at radius 3 is 1.76 bits per heavy atom. The van der Waals surface area contributed by atoms with Crippen LogP contribution in [0.15, 0.2) is 11.8 Å². The van der Waals surface area contributed by atoms with Gasteiger partial charge in [0.25, 0.3) is 5.79 Å². The molecule has 0 aromatic rings. The van der Waals surface area contributed by atoms with Crippen LogP contribution < -0.4 is 0 Å². The molecule has 0 radical (unpaired) electrons. The maximum Gasteiger partial charge on any atom is 0.448 e. The number of halogens is 6. The van der Waals surface area contributed by atoms with E-state index < -0.39 is 36.1 Å². The molecule has 0 aromatic heterocycles. The lowest BCUT2D eigenvalue weighted by Gasteiger charge is -2.29. The molecular formula is C8H10F6O3. The maximum atomic E-state index is 12.3. The van der Waals surface area contributed by atoms with E-state index in [-0.39, 0.29) is 0 Å². The second-order valence-corrected chi connectivity index (χ2v) is 3.39. The Kier molecular flexibility index (Phi) is 4.46. The first kappa shape index (κ1) is 16.0. The van der Waals surface area contributed by atoms with Crippen molar-refractivity contribution in [3.8, 4) is 0 Å². The van der Waals surface area contributed by atoms with Gasteiger partial charge in [-0.2, -0.15) is 26.3 Å². The first-order chi connectivity index (χ1) is 7.29. The summed E-state index contributed by atoms with van der Waals surface area (Å²) in [6, 6.07) is 0. The molecule has 0 bridgehead atoms. The molecule has 0 fully saturated rings. The Bertz CT molecular complexity index is 293. The van der Waals surface area contributed by atoms with Gasteiger partial charge in [0.15, 0.2) is 5.76 Å². The number of allylic oxidation sites excluding steroid dienone is 1. The third kappa shape index (κ3) is 4.43. The standard InChI is InChI=1S/C8H10F6O3/c1-4(2)17-6(16,8(12,13)14)3-5(15)7(9,10)11/h3-4,15-16H,1-2H3/b5-3-. The Labute approximate surface area is 92.3 Å². The Morgan fingerprint density at radius 1 is 1.12 bits per heavy atom. The third-order valence-corrected chi connectivity index (χ3v) is 1.44. The van der Waals surface area contributed by atoms with Crippen LogP contribution in [0, 0.1) is 0 Å². The molecule has 0 spiro atoms. The molecule has 9 heteroatoms. The monoisotopic (exact) mass is 268 g/mol. The minimum absolute atomic E-state index is 0.826. The molecule has 0 saturated carbocycles. The van der Waals surface area contributed by atoms with Crippen LogP contribution in [0.2, 0.25) is 0 Å². The lowest BCUT2D eigenvalue weighted by Crippen LogP contribution is -2.48. The predicted molar refractivity (Wildman–Crippen MR) is 44.0 cm³/mol. The van der Waals surface area contributed by atoms with Crippen molar-refractivity contribution in [3.05, 3.63) is 11.8 Å². The molecule has 0 aromatic carbocycles. The molecule has 1 unspecified atom stereocenters. The summed E-state index contributed by atoms with van der Waals surface area (Å²) in [6.07, 6.45) is -13.0. The molecule has 0 aliphatic heterocycles. The number of aliphatic hydroxyl groups excluding tert-OH is 1. The Hall–Kier alpha value is -0.960. The molecule has 2 N–H and O–H groups in total. The summed E-state index contributed by atoms with van der Waals surface area (Å²) in [6.45, 7) is 2.16. The van der Waals surface area contributed by atoms with Crippen molar-refractivity contribution in [2.45, 2.75) is 38.1 Å². The summed E-state index contributed by atoms with van der Waals surface area (Å²) >= 11 is 0. The summed E-state index contributed by atoms with van der Waals surface area (Å²) in [5.74, 6) is -6.78. The van der Waals surface area contributed by atoms with Gasteiger partial charge >= 0.3 is 12.4 Å². The lowest BCUT2D eigenvalue weighted by atomic mass is 10.2. The van der Waals surface area contributed by atoms with Crippen LogP contribution in [0.3, 0.4) is 0 Å². The molecule has 0 heterocycles. The lowest BCUT2D eigenvalue weighted by molar-refractivity contribution is -0.351.